The van der Waals surface area contributed by atoms with E-state index < -0.39 is 0 Å². The van der Waals surface area contributed by atoms with Crippen molar-refractivity contribution in [2.24, 2.45) is 0 Å². The van der Waals surface area contributed by atoms with E-state index in [-0.39, 0.29) is 0 Å². The Morgan fingerprint density at radius 1 is 1.14 bits per heavy atom. The Morgan fingerprint density at radius 2 is 1.67 bits per heavy atom. The molecule has 0 saturated heterocycles. The quantitative estimate of drug-likeness (QED) is 0.745. The highest BCUT2D eigenvalue weighted by Crippen LogP contribution is 2.09. The standard InChI is InChI=1S/C8H11NO.C7H15NO.C2H6/c1-6-4-7(2)9-8(5-6)10-3;1-3-5-8(7-9)6-4-2;1-2/h4-5H,1-3H3;7H,3-6H2,1-2H3;1-2H3. The van der Waals surface area contributed by atoms with Crippen LogP contribution in [-0.4, -0.2) is 36.5 Å². The summed E-state index contributed by atoms with van der Waals surface area (Å²) in [6, 6.07) is 3.93. The van der Waals surface area contributed by atoms with Crippen LogP contribution in [0.15, 0.2) is 12.1 Å². The first-order valence-electron chi connectivity index (χ1n) is 7.75. The van der Waals surface area contributed by atoms with Crippen molar-refractivity contribution in [1.82, 2.24) is 9.88 Å². The zero-order valence-corrected chi connectivity index (χ0v) is 14.8. The fraction of sp³-hybridized carbons (Fsp3) is 0.647. The van der Waals surface area contributed by atoms with Crippen LogP contribution in [-0.2, 0) is 4.79 Å². The number of carbonyl (C=O) groups excluding carboxylic acids is 1. The van der Waals surface area contributed by atoms with E-state index in [2.05, 4.69) is 18.8 Å². The molecule has 0 fully saturated rings. The van der Waals surface area contributed by atoms with Crippen molar-refractivity contribution >= 4 is 6.41 Å². The van der Waals surface area contributed by atoms with E-state index in [0.717, 1.165) is 38.0 Å². The molecule has 0 radical (unpaired) electrons. The second-order valence-corrected chi connectivity index (χ2v) is 4.47. The lowest BCUT2D eigenvalue weighted by atomic mass is 10.2. The number of hydrogen-bond donors (Lipinski definition) is 0. The third-order valence-electron chi connectivity index (χ3n) is 2.45. The van der Waals surface area contributed by atoms with Crippen LogP contribution in [0, 0.1) is 13.8 Å². The molecule has 1 aromatic heterocycles. The minimum Gasteiger partial charge on any atom is -0.481 e. The van der Waals surface area contributed by atoms with Gasteiger partial charge in [0.1, 0.15) is 0 Å². The first-order valence-corrected chi connectivity index (χ1v) is 7.75. The molecule has 0 aliphatic rings. The normalized spacial score (nSPS) is 8.71. The molecule has 122 valence electrons. The lowest BCUT2D eigenvalue weighted by molar-refractivity contribution is -0.118. The second-order valence-electron chi connectivity index (χ2n) is 4.47. The number of nitrogens with zero attached hydrogens (tertiary/aromatic N) is 2. The van der Waals surface area contributed by atoms with Gasteiger partial charge in [0.25, 0.3) is 0 Å². The van der Waals surface area contributed by atoms with Gasteiger partial charge in [-0.3, -0.25) is 4.79 Å². The second kappa shape index (κ2) is 14.8. The molecule has 4 heteroatoms. The van der Waals surface area contributed by atoms with E-state index in [4.69, 9.17) is 4.74 Å². The lowest BCUT2D eigenvalue weighted by Gasteiger charge is -2.13. The molecule has 0 bridgehead atoms. The molecular weight excluding hydrogens is 264 g/mol. The molecule has 1 amide bonds. The van der Waals surface area contributed by atoms with Gasteiger partial charge in [-0.2, -0.15) is 0 Å². The first kappa shape index (κ1) is 21.7. The molecule has 0 aliphatic carbocycles. The highest BCUT2D eigenvalue weighted by molar-refractivity contribution is 5.46. The van der Waals surface area contributed by atoms with Gasteiger partial charge >= 0.3 is 0 Å². The molecule has 1 heterocycles. The third-order valence-corrected chi connectivity index (χ3v) is 2.45. The van der Waals surface area contributed by atoms with E-state index in [0.29, 0.717) is 5.88 Å². The summed E-state index contributed by atoms with van der Waals surface area (Å²) in [4.78, 5) is 16.1. The molecular formula is C17H32N2O2. The van der Waals surface area contributed by atoms with Crippen LogP contribution in [0.2, 0.25) is 0 Å². The van der Waals surface area contributed by atoms with Crippen LogP contribution in [0.1, 0.15) is 51.8 Å². The molecule has 0 unspecified atom stereocenters. The van der Waals surface area contributed by atoms with Gasteiger partial charge in [0.2, 0.25) is 12.3 Å². The van der Waals surface area contributed by atoms with Gasteiger partial charge in [0.05, 0.1) is 7.11 Å². The van der Waals surface area contributed by atoms with Crippen LogP contribution in [0.25, 0.3) is 0 Å². The van der Waals surface area contributed by atoms with Crippen molar-refractivity contribution in [3.8, 4) is 5.88 Å². The Morgan fingerprint density at radius 3 is 2.00 bits per heavy atom. The van der Waals surface area contributed by atoms with Gasteiger partial charge in [0, 0.05) is 24.8 Å². The summed E-state index contributed by atoms with van der Waals surface area (Å²) in [6.45, 7) is 13.9. The molecule has 0 aliphatic heterocycles. The number of hydrogen-bond acceptors (Lipinski definition) is 3. The summed E-state index contributed by atoms with van der Waals surface area (Å²) in [5.41, 5.74) is 2.18. The zero-order valence-electron chi connectivity index (χ0n) is 14.8. The van der Waals surface area contributed by atoms with Gasteiger partial charge in [-0.05, 0) is 38.3 Å². The number of ether oxygens (including phenoxy) is 1. The van der Waals surface area contributed by atoms with E-state index >= 15 is 0 Å². The van der Waals surface area contributed by atoms with Crippen LogP contribution in [0.3, 0.4) is 0 Å². The summed E-state index contributed by atoms with van der Waals surface area (Å²) >= 11 is 0. The minimum absolute atomic E-state index is 0.692. The van der Waals surface area contributed by atoms with E-state index in [1.54, 1.807) is 12.0 Å². The van der Waals surface area contributed by atoms with Crippen LogP contribution < -0.4 is 4.74 Å². The molecule has 21 heavy (non-hydrogen) atoms. The maximum Gasteiger partial charge on any atom is 0.213 e. The third kappa shape index (κ3) is 11.9. The summed E-state index contributed by atoms with van der Waals surface area (Å²) in [7, 11) is 1.63. The molecule has 0 aromatic carbocycles. The number of carbonyl (C=O) groups is 1. The number of pyridine rings is 1. The zero-order chi connectivity index (χ0) is 16.7. The van der Waals surface area contributed by atoms with Crippen LogP contribution in [0.4, 0.5) is 0 Å². The summed E-state index contributed by atoms with van der Waals surface area (Å²) < 4.78 is 4.96. The number of aryl methyl sites for hydroxylation is 2. The monoisotopic (exact) mass is 296 g/mol. The summed E-state index contributed by atoms with van der Waals surface area (Å²) in [6.07, 6.45) is 3.03. The summed E-state index contributed by atoms with van der Waals surface area (Å²) in [5.74, 6) is 0.692. The Bertz CT molecular complexity index is 342. The van der Waals surface area contributed by atoms with Gasteiger partial charge in [-0.25, -0.2) is 4.98 Å². The first-order chi connectivity index (χ1) is 10.1. The molecule has 1 aromatic rings. The van der Waals surface area contributed by atoms with Crippen molar-refractivity contribution in [3.63, 3.8) is 0 Å². The smallest absolute Gasteiger partial charge is 0.213 e. The lowest BCUT2D eigenvalue weighted by Crippen LogP contribution is -2.23. The average molecular weight is 296 g/mol. The molecule has 0 N–H and O–H groups in total. The minimum atomic E-state index is 0.692. The molecule has 0 spiro atoms. The van der Waals surface area contributed by atoms with Gasteiger partial charge in [-0.15, -0.1) is 0 Å². The predicted octanol–water partition coefficient (Wildman–Crippen LogP) is 4.00. The van der Waals surface area contributed by atoms with E-state index in [1.807, 2.05) is 39.8 Å². The van der Waals surface area contributed by atoms with E-state index in [1.165, 1.54) is 5.56 Å². The van der Waals surface area contributed by atoms with Crippen molar-refractivity contribution in [1.29, 1.82) is 0 Å². The predicted molar refractivity (Wildman–Crippen MR) is 89.8 cm³/mol. The van der Waals surface area contributed by atoms with Crippen LogP contribution >= 0.6 is 0 Å². The maximum absolute atomic E-state index is 10.2. The maximum atomic E-state index is 10.2. The Hall–Kier alpha value is -1.58. The molecule has 1 rings (SSSR count). The fourth-order valence-electron chi connectivity index (χ4n) is 1.70. The SMILES string of the molecule is CC.CCCN(C=O)CCC.COc1cc(C)cc(C)n1. The fourth-order valence-corrected chi connectivity index (χ4v) is 1.70. The Balaban J connectivity index is 0. The molecule has 0 saturated carbocycles. The number of amides is 1. The van der Waals surface area contributed by atoms with Crippen molar-refractivity contribution < 1.29 is 9.53 Å². The van der Waals surface area contributed by atoms with Crippen molar-refractivity contribution in [3.05, 3.63) is 23.4 Å². The van der Waals surface area contributed by atoms with Gasteiger partial charge in [-0.1, -0.05) is 27.7 Å². The molecule has 0 atom stereocenters. The Kier molecular flexibility index (Phi) is 15.3. The van der Waals surface area contributed by atoms with E-state index in [9.17, 15) is 4.79 Å². The highest BCUT2D eigenvalue weighted by Gasteiger charge is 1.95. The molecule has 4 nitrogen and oxygen atoms in total. The van der Waals surface area contributed by atoms with Crippen LogP contribution in [0.5, 0.6) is 5.88 Å². The number of rotatable bonds is 6. The van der Waals surface area contributed by atoms with Crippen molar-refractivity contribution in [2.75, 3.05) is 20.2 Å². The highest BCUT2D eigenvalue weighted by atomic mass is 16.5. The topological polar surface area (TPSA) is 42.4 Å². The largest absolute Gasteiger partial charge is 0.481 e. The Labute approximate surface area is 130 Å². The summed E-state index contributed by atoms with van der Waals surface area (Å²) in [5, 5.41) is 0. The van der Waals surface area contributed by atoms with Gasteiger partial charge < -0.3 is 9.64 Å². The number of methoxy groups -OCH3 is 1. The van der Waals surface area contributed by atoms with Gasteiger partial charge in [0.15, 0.2) is 0 Å². The van der Waals surface area contributed by atoms with Crippen molar-refractivity contribution in [2.45, 2.75) is 54.4 Å². The number of aromatic nitrogens is 1. The average Bonchev–Trinajstić information content (AvgIpc) is 2.48.